The molecular formula is C19H29NO3Si. The van der Waals surface area contributed by atoms with Crippen molar-refractivity contribution < 1.29 is 14.0 Å². The van der Waals surface area contributed by atoms with Crippen molar-refractivity contribution >= 4 is 30.6 Å². The number of nitrogens with zero attached hydrogens (tertiary/aromatic N) is 1. The Labute approximate surface area is 145 Å². The molecule has 2 rings (SSSR count). The van der Waals surface area contributed by atoms with Gasteiger partial charge in [0, 0.05) is 16.3 Å². The third-order valence-electron chi connectivity index (χ3n) is 3.47. The molecule has 0 fully saturated rings. The molecule has 0 bridgehead atoms. The van der Waals surface area contributed by atoms with Crippen molar-refractivity contribution in [3.05, 3.63) is 30.3 Å². The Balaban J connectivity index is 2.61. The third kappa shape index (κ3) is 4.27. The van der Waals surface area contributed by atoms with Crippen molar-refractivity contribution in [3.8, 4) is 0 Å². The van der Waals surface area contributed by atoms with Crippen molar-refractivity contribution in [1.82, 2.24) is 4.57 Å². The van der Waals surface area contributed by atoms with Crippen LogP contribution in [0.4, 0.5) is 4.79 Å². The summed E-state index contributed by atoms with van der Waals surface area (Å²) in [7, 11) is -2.32. The Hall–Kier alpha value is -1.59. The maximum atomic E-state index is 12.9. The van der Waals surface area contributed by atoms with E-state index in [2.05, 4.69) is 19.2 Å². The fraction of sp³-hybridized carbons (Fsp3) is 0.526. The van der Waals surface area contributed by atoms with Crippen molar-refractivity contribution in [1.29, 1.82) is 0 Å². The molecule has 0 aliphatic heterocycles. The minimum atomic E-state index is -2.32. The minimum absolute atomic E-state index is 0.273. The topological polar surface area (TPSA) is 40.5 Å². The highest BCUT2D eigenvalue weighted by molar-refractivity contribution is 6.84. The molecular weight excluding hydrogens is 318 g/mol. The van der Waals surface area contributed by atoms with Crippen molar-refractivity contribution in [2.45, 2.75) is 65.8 Å². The fourth-order valence-electron chi connectivity index (χ4n) is 2.92. The zero-order valence-corrected chi connectivity index (χ0v) is 17.1. The SMILES string of the molecule is CC(C)(C)OC(=O)n1c([Si](C)(C)OC(C)(C)C)cc2ccccc21. The van der Waals surface area contributed by atoms with Gasteiger partial charge in [0.05, 0.1) is 5.52 Å². The third-order valence-corrected chi connectivity index (χ3v) is 6.19. The normalized spacial score (nSPS) is 13.3. The molecule has 0 aliphatic carbocycles. The van der Waals surface area contributed by atoms with E-state index in [-0.39, 0.29) is 11.7 Å². The Bertz CT molecular complexity index is 748. The lowest BCUT2D eigenvalue weighted by atomic mass is 10.2. The highest BCUT2D eigenvalue weighted by Crippen LogP contribution is 2.23. The lowest BCUT2D eigenvalue weighted by Gasteiger charge is -2.33. The number of benzene rings is 1. The van der Waals surface area contributed by atoms with Crippen LogP contribution in [0, 0.1) is 0 Å². The number of carbonyl (C=O) groups is 1. The van der Waals surface area contributed by atoms with Crippen LogP contribution in [0.1, 0.15) is 41.5 Å². The average Bonchev–Trinajstić information content (AvgIpc) is 2.73. The summed E-state index contributed by atoms with van der Waals surface area (Å²) in [5.74, 6) is 0. The molecule has 0 spiro atoms. The number of rotatable bonds is 2. The predicted octanol–water partition coefficient (Wildman–Crippen LogP) is 4.65. The van der Waals surface area contributed by atoms with Gasteiger partial charge in [-0.2, -0.15) is 0 Å². The average molecular weight is 348 g/mol. The number of fused-ring (bicyclic) bond motifs is 1. The summed E-state index contributed by atoms with van der Waals surface area (Å²) in [4.78, 5) is 12.9. The van der Waals surface area contributed by atoms with Gasteiger partial charge in [-0.3, -0.25) is 4.57 Å². The van der Waals surface area contributed by atoms with Crippen molar-refractivity contribution in [3.63, 3.8) is 0 Å². The van der Waals surface area contributed by atoms with E-state index in [9.17, 15) is 4.79 Å². The molecule has 0 atom stereocenters. The van der Waals surface area contributed by atoms with Crippen LogP contribution in [0.5, 0.6) is 0 Å². The Morgan fingerprint density at radius 3 is 2.12 bits per heavy atom. The molecule has 0 N–H and O–H groups in total. The minimum Gasteiger partial charge on any atom is -0.443 e. The van der Waals surface area contributed by atoms with Crippen LogP contribution in [-0.4, -0.2) is 30.2 Å². The molecule has 2 aromatic rings. The Morgan fingerprint density at radius 1 is 1.00 bits per heavy atom. The van der Waals surface area contributed by atoms with Gasteiger partial charge in [-0.1, -0.05) is 18.2 Å². The second kappa shape index (κ2) is 6.04. The Kier molecular flexibility index (Phi) is 4.72. The summed E-state index contributed by atoms with van der Waals surface area (Å²) < 4.78 is 13.7. The van der Waals surface area contributed by atoms with Gasteiger partial charge in [0.25, 0.3) is 0 Å². The zero-order chi connectivity index (χ0) is 18.3. The first-order valence-electron chi connectivity index (χ1n) is 8.35. The molecule has 24 heavy (non-hydrogen) atoms. The van der Waals surface area contributed by atoms with Crippen LogP contribution in [0.25, 0.3) is 10.9 Å². The molecule has 1 heterocycles. The molecule has 4 nitrogen and oxygen atoms in total. The van der Waals surface area contributed by atoms with Crippen LogP contribution in [0.2, 0.25) is 13.1 Å². The highest BCUT2D eigenvalue weighted by atomic mass is 28.4. The monoisotopic (exact) mass is 347 g/mol. The number of aromatic nitrogens is 1. The van der Waals surface area contributed by atoms with Crippen LogP contribution in [0.15, 0.2) is 30.3 Å². The molecule has 1 aromatic carbocycles. The molecule has 0 amide bonds. The van der Waals surface area contributed by atoms with Crippen LogP contribution in [-0.2, 0) is 9.16 Å². The standard InChI is InChI=1S/C19H29NO3Si/c1-18(2,3)22-17(21)20-15-12-10-9-11-14(15)13-16(20)24(7,8)23-19(4,5)6/h9-13H,1-8H3. The lowest BCUT2D eigenvalue weighted by molar-refractivity contribution is 0.0545. The quantitative estimate of drug-likeness (QED) is 0.742. The first kappa shape index (κ1) is 18.7. The highest BCUT2D eigenvalue weighted by Gasteiger charge is 2.36. The molecule has 0 saturated carbocycles. The van der Waals surface area contributed by atoms with Crippen molar-refractivity contribution in [2.24, 2.45) is 0 Å². The van der Waals surface area contributed by atoms with Gasteiger partial charge in [-0.05, 0) is 66.8 Å². The molecule has 0 saturated heterocycles. The second-order valence-corrected chi connectivity index (χ2v) is 12.4. The first-order chi connectivity index (χ1) is 10.8. The fourth-order valence-corrected chi connectivity index (χ4v) is 5.81. The number of hydrogen-bond donors (Lipinski definition) is 0. The van der Waals surface area contributed by atoms with E-state index < -0.39 is 13.9 Å². The summed E-state index contributed by atoms with van der Waals surface area (Å²) in [6.07, 6.45) is -0.350. The first-order valence-corrected chi connectivity index (χ1v) is 11.3. The molecule has 0 aliphatic rings. The summed E-state index contributed by atoms with van der Waals surface area (Å²) in [5, 5.41) is 1.95. The second-order valence-electron chi connectivity index (χ2n) is 8.63. The van der Waals surface area contributed by atoms with Gasteiger partial charge in [0.2, 0.25) is 8.32 Å². The maximum absolute atomic E-state index is 12.9. The van der Waals surface area contributed by atoms with E-state index in [1.54, 1.807) is 4.57 Å². The maximum Gasteiger partial charge on any atom is 0.418 e. The molecule has 1 aromatic heterocycles. The zero-order valence-electron chi connectivity index (χ0n) is 16.1. The van der Waals surface area contributed by atoms with Crippen LogP contribution in [0.3, 0.4) is 0 Å². The predicted molar refractivity (Wildman–Crippen MR) is 102 cm³/mol. The van der Waals surface area contributed by atoms with Gasteiger partial charge in [-0.25, -0.2) is 4.79 Å². The van der Waals surface area contributed by atoms with E-state index in [0.29, 0.717) is 0 Å². The Morgan fingerprint density at radius 2 is 1.58 bits per heavy atom. The molecule has 0 unspecified atom stereocenters. The molecule has 5 heteroatoms. The van der Waals surface area contributed by atoms with E-state index in [1.807, 2.05) is 65.8 Å². The van der Waals surface area contributed by atoms with Gasteiger partial charge >= 0.3 is 6.09 Å². The molecule has 132 valence electrons. The van der Waals surface area contributed by atoms with E-state index in [1.165, 1.54) is 0 Å². The van der Waals surface area contributed by atoms with Crippen molar-refractivity contribution in [2.75, 3.05) is 0 Å². The largest absolute Gasteiger partial charge is 0.443 e. The summed E-state index contributed by atoms with van der Waals surface area (Å²) >= 11 is 0. The summed E-state index contributed by atoms with van der Waals surface area (Å²) in [6.45, 7) is 16.0. The summed E-state index contributed by atoms with van der Waals surface area (Å²) in [6, 6.07) is 9.94. The van der Waals surface area contributed by atoms with E-state index in [0.717, 1.165) is 16.2 Å². The van der Waals surface area contributed by atoms with Crippen LogP contribution >= 0.6 is 0 Å². The number of ether oxygens (including phenoxy) is 1. The van der Waals surface area contributed by atoms with Gasteiger partial charge < -0.3 is 9.16 Å². The smallest absolute Gasteiger partial charge is 0.418 e. The molecule has 0 radical (unpaired) electrons. The lowest BCUT2D eigenvalue weighted by Crippen LogP contribution is -2.53. The van der Waals surface area contributed by atoms with Crippen LogP contribution < -0.4 is 5.32 Å². The van der Waals surface area contributed by atoms with Gasteiger partial charge in [-0.15, -0.1) is 0 Å². The number of para-hydroxylation sites is 1. The summed E-state index contributed by atoms with van der Waals surface area (Å²) in [5.41, 5.74) is 0.0428. The van der Waals surface area contributed by atoms with Gasteiger partial charge in [0.1, 0.15) is 5.60 Å². The number of hydrogen-bond acceptors (Lipinski definition) is 3. The van der Waals surface area contributed by atoms with E-state index in [4.69, 9.17) is 9.16 Å². The van der Waals surface area contributed by atoms with Gasteiger partial charge in [0.15, 0.2) is 0 Å². The number of carbonyl (C=O) groups excluding carboxylic acids is 1. The van der Waals surface area contributed by atoms with E-state index >= 15 is 0 Å².